The number of aliphatic hydroxyl groups excluding tert-OH is 1. The number of benzene rings is 1. The van der Waals surface area contributed by atoms with Gasteiger partial charge in [-0.2, -0.15) is 0 Å². The number of rotatable bonds is 7. The molecule has 2 heterocycles. The average molecular weight is 377 g/mol. The SMILES string of the molecule is COc1ccc(C(=O)NCCN2CCCC[C@H]2CO)cc1N1CCOCC1. The van der Waals surface area contributed by atoms with E-state index >= 15 is 0 Å². The van der Waals surface area contributed by atoms with Crippen LogP contribution in [-0.4, -0.2) is 81.6 Å². The Bertz CT molecular complexity index is 619. The van der Waals surface area contributed by atoms with E-state index in [1.807, 2.05) is 12.1 Å². The molecule has 2 saturated heterocycles. The van der Waals surface area contributed by atoms with E-state index in [9.17, 15) is 9.90 Å². The number of nitrogens with one attached hydrogen (secondary N) is 1. The molecule has 0 saturated carbocycles. The van der Waals surface area contributed by atoms with E-state index in [1.165, 1.54) is 6.42 Å². The zero-order valence-corrected chi connectivity index (χ0v) is 16.2. The predicted molar refractivity (Wildman–Crippen MR) is 105 cm³/mol. The molecule has 0 aliphatic carbocycles. The highest BCUT2D eigenvalue weighted by molar-refractivity contribution is 5.95. The number of hydrogen-bond acceptors (Lipinski definition) is 6. The lowest BCUT2D eigenvalue weighted by molar-refractivity contribution is 0.0849. The number of likely N-dealkylation sites (tertiary alicyclic amines) is 1. The smallest absolute Gasteiger partial charge is 0.251 e. The van der Waals surface area contributed by atoms with Gasteiger partial charge in [-0.25, -0.2) is 0 Å². The van der Waals surface area contributed by atoms with Gasteiger partial charge < -0.3 is 24.8 Å². The summed E-state index contributed by atoms with van der Waals surface area (Å²) < 4.78 is 10.9. The molecule has 0 radical (unpaired) electrons. The molecule has 2 fully saturated rings. The summed E-state index contributed by atoms with van der Waals surface area (Å²) in [4.78, 5) is 17.1. The van der Waals surface area contributed by atoms with Crippen LogP contribution in [0.2, 0.25) is 0 Å². The van der Waals surface area contributed by atoms with Crippen molar-refractivity contribution in [3.8, 4) is 5.75 Å². The fourth-order valence-corrected chi connectivity index (χ4v) is 3.86. The van der Waals surface area contributed by atoms with Crippen molar-refractivity contribution < 1.29 is 19.4 Å². The number of amides is 1. The molecule has 1 aromatic rings. The Balaban J connectivity index is 1.59. The van der Waals surface area contributed by atoms with Gasteiger partial charge in [0.1, 0.15) is 5.75 Å². The molecule has 150 valence electrons. The summed E-state index contributed by atoms with van der Waals surface area (Å²) in [5, 5.41) is 12.5. The summed E-state index contributed by atoms with van der Waals surface area (Å²) in [5.41, 5.74) is 1.57. The fourth-order valence-electron chi connectivity index (χ4n) is 3.86. The van der Waals surface area contributed by atoms with Crippen LogP contribution in [0.1, 0.15) is 29.6 Å². The number of morpholine rings is 1. The second-order valence-electron chi connectivity index (χ2n) is 7.11. The summed E-state index contributed by atoms with van der Waals surface area (Å²) in [6.07, 6.45) is 3.36. The Morgan fingerprint density at radius 2 is 2.11 bits per heavy atom. The Morgan fingerprint density at radius 3 is 2.85 bits per heavy atom. The second kappa shape index (κ2) is 9.92. The lowest BCUT2D eigenvalue weighted by Gasteiger charge is -2.34. The zero-order valence-electron chi connectivity index (χ0n) is 16.2. The van der Waals surface area contributed by atoms with Gasteiger partial charge in [-0.15, -0.1) is 0 Å². The van der Waals surface area contributed by atoms with E-state index < -0.39 is 0 Å². The molecule has 0 bridgehead atoms. The van der Waals surface area contributed by atoms with Crippen molar-refractivity contribution in [2.24, 2.45) is 0 Å². The fraction of sp³-hybridized carbons (Fsp3) is 0.650. The highest BCUT2D eigenvalue weighted by Gasteiger charge is 2.21. The molecular formula is C20H31N3O4. The van der Waals surface area contributed by atoms with Crippen LogP contribution in [0.5, 0.6) is 5.75 Å². The first-order chi connectivity index (χ1) is 13.2. The number of nitrogens with zero attached hydrogens (tertiary/aromatic N) is 2. The lowest BCUT2D eigenvalue weighted by Crippen LogP contribution is -2.45. The maximum Gasteiger partial charge on any atom is 0.251 e. The summed E-state index contributed by atoms with van der Waals surface area (Å²) in [5.74, 6) is 0.692. The molecule has 3 rings (SSSR count). The largest absolute Gasteiger partial charge is 0.495 e. The van der Waals surface area contributed by atoms with Gasteiger partial charge in [0.15, 0.2) is 0 Å². The molecule has 7 heteroatoms. The quantitative estimate of drug-likeness (QED) is 0.742. The van der Waals surface area contributed by atoms with Crippen molar-refractivity contribution in [2.75, 3.05) is 64.6 Å². The Labute approximate surface area is 161 Å². The molecule has 1 atom stereocenters. The number of piperidine rings is 1. The number of hydrogen-bond donors (Lipinski definition) is 2. The molecular weight excluding hydrogens is 346 g/mol. The zero-order chi connectivity index (χ0) is 19.1. The van der Waals surface area contributed by atoms with Gasteiger partial charge in [-0.3, -0.25) is 9.69 Å². The normalized spacial score (nSPS) is 21.1. The molecule has 2 aliphatic heterocycles. The van der Waals surface area contributed by atoms with Crippen LogP contribution < -0.4 is 15.0 Å². The topological polar surface area (TPSA) is 74.3 Å². The van der Waals surface area contributed by atoms with Crippen molar-refractivity contribution in [3.05, 3.63) is 23.8 Å². The van der Waals surface area contributed by atoms with Crippen molar-refractivity contribution in [1.82, 2.24) is 10.2 Å². The van der Waals surface area contributed by atoms with E-state index in [0.717, 1.165) is 50.5 Å². The van der Waals surface area contributed by atoms with Gasteiger partial charge in [-0.1, -0.05) is 6.42 Å². The Hall–Kier alpha value is -1.83. The van der Waals surface area contributed by atoms with Crippen LogP contribution in [0.25, 0.3) is 0 Å². The number of methoxy groups -OCH3 is 1. The monoisotopic (exact) mass is 377 g/mol. The average Bonchev–Trinajstić information content (AvgIpc) is 2.74. The van der Waals surface area contributed by atoms with E-state index in [4.69, 9.17) is 9.47 Å². The molecule has 7 nitrogen and oxygen atoms in total. The number of carbonyl (C=O) groups is 1. The third kappa shape index (κ3) is 5.12. The number of ether oxygens (including phenoxy) is 2. The molecule has 2 aliphatic rings. The van der Waals surface area contributed by atoms with Crippen molar-refractivity contribution in [3.63, 3.8) is 0 Å². The molecule has 0 aromatic heterocycles. The van der Waals surface area contributed by atoms with Crippen LogP contribution in [0, 0.1) is 0 Å². The van der Waals surface area contributed by atoms with E-state index in [-0.39, 0.29) is 18.6 Å². The number of aliphatic hydroxyl groups is 1. The lowest BCUT2D eigenvalue weighted by atomic mass is 10.0. The van der Waals surface area contributed by atoms with Gasteiger partial charge in [0.05, 0.1) is 32.6 Å². The third-order valence-electron chi connectivity index (χ3n) is 5.44. The summed E-state index contributed by atoms with van der Waals surface area (Å²) in [7, 11) is 1.65. The molecule has 1 aromatic carbocycles. The summed E-state index contributed by atoms with van der Waals surface area (Å²) >= 11 is 0. The van der Waals surface area contributed by atoms with Crippen LogP contribution in [0.3, 0.4) is 0 Å². The molecule has 0 spiro atoms. The molecule has 0 unspecified atom stereocenters. The highest BCUT2D eigenvalue weighted by atomic mass is 16.5. The minimum Gasteiger partial charge on any atom is -0.495 e. The predicted octanol–water partition coefficient (Wildman–Crippen LogP) is 1.11. The summed E-state index contributed by atoms with van der Waals surface area (Å²) in [6, 6.07) is 5.78. The number of anilines is 1. The second-order valence-corrected chi connectivity index (χ2v) is 7.11. The van der Waals surface area contributed by atoms with E-state index in [0.29, 0.717) is 25.3 Å². The first-order valence-electron chi connectivity index (χ1n) is 9.86. The van der Waals surface area contributed by atoms with Crippen LogP contribution in [-0.2, 0) is 4.74 Å². The van der Waals surface area contributed by atoms with Gasteiger partial charge in [0.2, 0.25) is 0 Å². The van der Waals surface area contributed by atoms with Crippen molar-refractivity contribution in [1.29, 1.82) is 0 Å². The number of carbonyl (C=O) groups excluding carboxylic acids is 1. The Morgan fingerprint density at radius 1 is 1.30 bits per heavy atom. The first-order valence-corrected chi connectivity index (χ1v) is 9.86. The van der Waals surface area contributed by atoms with Crippen molar-refractivity contribution >= 4 is 11.6 Å². The minimum atomic E-state index is -0.0790. The highest BCUT2D eigenvalue weighted by Crippen LogP contribution is 2.30. The molecule has 2 N–H and O–H groups in total. The minimum absolute atomic E-state index is 0.0790. The van der Waals surface area contributed by atoms with Gasteiger partial charge >= 0.3 is 0 Å². The first kappa shape index (κ1) is 19.9. The molecule has 27 heavy (non-hydrogen) atoms. The van der Waals surface area contributed by atoms with Crippen LogP contribution in [0.15, 0.2) is 18.2 Å². The van der Waals surface area contributed by atoms with Gasteiger partial charge in [0.25, 0.3) is 5.91 Å². The van der Waals surface area contributed by atoms with Crippen LogP contribution in [0.4, 0.5) is 5.69 Å². The van der Waals surface area contributed by atoms with E-state index in [2.05, 4.69) is 15.1 Å². The maximum absolute atomic E-state index is 12.6. The van der Waals surface area contributed by atoms with Gasteiger partial charge in [-0.05, 0) is 37.6 Å². The van der Waals surface area contributed by atoms with Crippen LogP contribution >= 0.6 is 0 Å². The van der Waals surface area contributed by atoms with Crippen molar-refractivity contribution in [2.45, 2.75) is 25.3 Å². The maximum atomic E-state index is 12.6. The van der Waals surface area contributed by atoms with Gasteiger partial charge in [0, 0.05) is 37.8 Å². The molecule has 1 amide bonds. The van der Waals surface area contributed by atoms with E-state index in [1.54, 1.807) is 13.2 Å². The Kier molecular flexibility index (Phi) is 7.32. The summed E-state index contributed by atoms with van der Waals surface area (Å²) in [6.45, 7) is 5.47. The standard InChI is InChI=1S/C20H31N3O4/c1-26-19-6-5-16(14-18(19)23-10-12-27-13-11-23)20(25)21-7-9-22-8-3-2-4-17(22)15-24/h5-6,14,17,24H,2-4,7-13,15H2,1H3,(H,21,25)/t17-/m0/s1. The third-order valence-corrected chi connectivity index (χ3v) is 5.44.